The van der Waals surface area contributed by atoms with Crippen LogP contribution in [0.25, 0.3) is 0 Å². The van der Waals surface area contributed by atoms with E-state index in [1.165, 1.54) is 24.3 Å². The summed E-state index contributed by atoms with van der Waals surface area (Å²) in [5.74, 6) is 0.797. The van der Waals surface area contributed by atoms with E-state index < -0.39 is 10.0 Å². The Kier molecular flexibility index (Phi) is 7.42. The van der Waals surface area contributed by atoms with Crippen molar-refractivity contribution in [2.24, 2.45) is 0 Å². The Labute approximate surface area is 166 Å². The van der Waals surface area contributed by atoms with E-state index in [9.17, 15) is 13.2 Å². The summed E-state index contributed by atoms with van der Waals surface area (Å²) >= 11 is 0. The van der Waals surface area contributed by atoms with E-state index in [-0.39, 0.29) is 16.8 Å². The lowest BCUT2D eigenvalue weighted by Crippen LogP contribution is -2.30. The molecule has 0 radical (unpaired) electrons. The van der Waals surface area contributed by atoms with Gasteiger partial charge in [0.05, 0.1) is 18.1 Å². The van der Waals surface area contributed by atoms with Crippen LogP contribution in [0.1, 0.15) is 38.1 Å². The molecule has 28 heavy (non-hydrogen) atoms. The fourth-order valence-electron chi connectivity index (χ4n) is 2.50. The van der Waals surface area contributed by atoms with Crippen molar-refractivity contribution in [3.63, 3.8) is 0 Å². The maximum Gasteiger partial charge on any atom is 0.255 e. The monoisotopic (exact) mass is 406 g/mol. The second-order valence-corrected chi connectivity index (χ2v) is 8.00. The van der Waals surface area contributed by atoms with E-state index in [1.54, 1.807) is 32.0 Å². The molecule has 0 saturated heterocycles. The average Bonchev–Trinajstić information content (AvgIpc) is 2.63. The summed E-state index contributed by atoms with van der Waals surface area (Å²) in [6, 6.07) is 10.7. The molecule has 8 heteroatoms. The van der Waals surface area contributed by atoms with Crippen molar-refractivity contribution in [3.8, 4) is 11.5 Å². The van der Waals surface area contributed by atoms with Crippen LogP contribution in [0.15, 0.2) is 47.4 Å². The van der Waals surface area contributed by atoms with Gasteiger partial charge in [0.25, 0.3) is 5.91 Å². The van der Waals surface area contributed by atoms with Gasteiger partial charge in [0.15, 0.2) is 11.5 Å². The number of anilines is 1. The maximum absolute atomic E-state index is 12.5. The van der Waals surface area contributed by atoms with Gasteiger partial charge in [-0.05, 0) is 64.1 Å². The highest BCUT2D eigenvalue weighted by Crippen LogP contribution is 2.30. The molecule has 2 aromatic carbocycles. The van der Waals surface area contributed by atoms with Crippen molar-refractivity contribution < 1.29 is 22.7 Å². The van der Waals surface area contributed by atoms with Gasteiger partial charge < -0.3 is 14.8 Å². The summed E-state index contributed by atoms with van der Waals surface area (Å²) in [5, 5.41) is 2.78. The third kappa shape index (κ3) is 5.71. The van der Waals surface area contributed by atoms with Gasteiger partial charge in [-0.15, -0.1) is 0 Å². The van der Waals surface area contributed by atoms with Crippen molar-refractivity contribution in [1.29, 1.82) is 0 Å². The summed E-state index contributed by atoms with van der Waals surface area (Å²) < 4.78 is 37.9. The molecule has 0 unspecified atom stereocenters. The standard InChI is InChI=1S/C20H26N2O5S/c1-5-26-18-12-9-16(13-19(18)27-6-2)21-20(23)15-7-10-17(11-8-15)28(24,25)22-14(3)4/h7-14,22H,5-6H2,1-4H3,(H,21,23). The number of carbonyl (C=O) groups excluding carboxylic acids is 1. The van der Waals surface area contributed by atoms with Crippen LogP contribution < -0.4 is 19.5 Å². The molecule has 0 aliphatic heterocycles. The van der Waals surface area contributed by atoms with Crippen LogP contribution in [0.4, 0.5) is 5.69 Å². The maximum atomic E-state index is 12.5. The third-order valence-electron chi connectivity index (χ3n) is 3.62. The first-order chi connectivity index (χ1) is 13.3. The van der Waals surface area contributed by atoms with Gasteiger partial charge in [0, 0.05) is 23.4 Å². The molecule has 7 nitrogen and oxygen atoms in total. The van der Waals surface area contributed by atoms with Gasteiger partial charge in [0.1, 0.15) is 0 Å². The minimum Gasteiger partial charge on any atom is -0.490 e. The van der Waals surface area contributed by atoms with E-state index in [0.29, 0.717) is 36.0 Å². The summed E-state index contributed by atoms with van der Waals surface area (Å²) in [6.07, 6.45) is 0. The molecule has 0 atom stereocenters. The quantitative estimate of drug-likeness (QED) is 0.665. The molecule has 0 aliphatic carbocycles. The van der Waals surface area contributed by atoms with Gasteiger partial charge in [-0.1, -0.05) is 0 Å². The van der Waals surface area contributed by atoms with E-state index in [0.717, 1.165) is 0 Å². The SMILES string of the molecule is CCOc1ccc(NC(=O)c2ccc(S(=O)(=O)NC(C)C)cc2)cc1OCC. The largest absolute Gasteiger partial charge is 0.490 e. The van der Waals surface area contributed by atoms with E-state index >= 15 is 0 Å². The number of rotatable bonds is 9. The number of sulfonamides is 1. The summed E-state index contributed by atoms with van der Waals surface area (Å²) in [5.41, 5.74) is 0.894. The molecule has 0 bridgehead atoms. The molecule has 152 valence electrons. The Morgan fingerprint density at radius 1 is 0.964 bits per heavy atom. The van der Waals surface area contributed by atoms with Crippen LogP contribution in [-0.4, -0.2) is 33.6 Å². The molecule has 2 N–H and O–H groups in total. The lowest BCUT2D eigenvalue weighted by Gasteiger charge is -2.13. The Hall–Kier alpha value is -2.58. The molecular weight excluding hydrogens is 380 g/mol. The molecule has 1 amide bonds. The van der Waals surface area contributed by atoms with E-state index in [1.807, 2.05) is 13.8 Å². The van der Waals surface area contributed by atoms with E-state index in [4.69, 9.17) is 9.47 Å². The third-order valence-corrected chi connectivity index (χ3v) is 5.29. The zero-order valence-corrected chi connectivity index (χ0v) is 17.3. The van der Waals surface area contributed by atoms with Crippen LogP contribution in [-0.2, 0) is 10.0 Å². The first-order valence-corrected chi connectivity index (χ1v) is 10.6. The Morgan fingerprint density at radius 2 is 1.57 bits per heavy atom. The highest BCUT2D eigenvalue weighted by molar-refractivity contribution is 7.89. The minimum absolute atomic E-state index is 0.109. The highest BCUT2D eigenvalue weighted by Gasteiger charge is 2.16. The predicted molar refractivity (Wildman–Crippen MR) is 109 cm³/mol. The van der Waals surface area contributed by atoms with Crippen LogP contribution in [0.5, 0.6) is 11.5 Å². The number of carbonyl (C=O) groups is 1. The van der Waals surface area contributed by atoms with Crippen LogP contribution in [0.3, 0.4) is 0 Å². The van der Waals surface area contributed by atoms with Gasteiger partial charge in [-0.2, -0.15) is 0 Å². The van der Waals surface area contributed by atoms with Crippen LogP contribution >= 0.6 is 0 Å². The lowest BCUT2D eigenvalue weighted by atomic mass is 10.2. The first kappa shape index (κ1) is 21.7. The van der Waals surface area contributed by atoms with Crippen molar-refractivity contribution in [2.75, 3.05) is 18.5 Å². The molecule has 0 fully saturated rings. The molecule has 2 rings (SSSR count). The number of hydrogen-bond donors (Lipinski definition) is 2. The number of benzene rings is 2. The van der Waals surface area contributed by atoms with E-state index in [2.05, 4.69) is 10.0 Å². The zero-order valence-electron chi connectivity index (χ0n) is 16.5. The second kappa shape index (κ2) is 9.57. The molecular formula is C20H26N2O5S. The number of nitrogens with one attached hydrogen (secondary N) is 2. The molecule has 0 heterocycles. The van der Waals surface area contributed by atoms with Gasteiger partial charge in [-0.3, -0.25) is 4.79 Å². The first-order valence-electron chi connectivity index (χ1n) is 9.10. The van der Waals surface area contributed by atoms with Gasteiger partial charge in [-0.25, -0.2) is 13.1 Å². The van der Waals surface area contributed by atoms with Crippen LogP contribution in [0.2, 0.25) is 0 Å². The fraction of sp³-hybridized carbons (Fsp3) is 0.350. The summed E-state index contributed by atoms with van der Waals surface area (Å²) in [7, 11) is -3.60. The van der Waals surface area contributed by atoms with Crippen molar-refractivity contribution in [1.82, 2.24) is 4.72 Å². The van der Waals surface area contributed by atoms with Crippen molar-refractivity contribution in [2.45, 2.75) is 38.6 Å². The summed E-state index contributed by atoms with van der Waals surface area (Å²) in [4.78, 5) is 12.6. The molecule has 2 aromatic rings. The lowest BCUT2D eigenvalue weighted by molar-refractivity contribution is 0.102. The normalized spacial score (nSPS) is 11.3. The predicted octanol–water partition coefficient (Wildman–Crippen LogP) is 3.42. The smallest absolute Gasteiger partial charge is 0.255 e. The molecule has 0 saturated carbocycles. The second-order valence-electron chi connectivity index (χ2n) is 6.28. The van der Waals surface area contributed by atoms with Crippen molar-refractivity contribution in [3.05, 3.63) is 48.0 Å². The summed E-state index contributed by atoms with van der Waals surface area (Å²) in [6.45, 7) is 8.21. The average molecular weight is 407 g/mol. The molecule has 0 aliphatic rings. The number of hydrogen-bond acceptors (Lipinski definition) is 5. The number of ether oxygens (including phenoxy) is 2. The zero-order chi connectivity index (χ0) is 20.7. The topological polar surface area (TPSA) is 93.7 Å². The fourth-order valence-corrected chi connectivity index (χ4v) is 3.75. The van der Waals surface area contributed by atoms with Crippen molar-refractivity contribution >= 4 is 21.6 Å². The van der Waals surface area contributed by atoms with Gasteiger partial charge >= 0.3 is 0 Å². The Morgan fingerprint density at radius 3 is 2.14 bits per heavy atom. The number of amides is 1. The Bertz CT molecular complexity index is 909. The van der Waals surface area contributed by atoms with Gasteiger partial charge in [0.2, 0.25) is 10.0 Å². The Balaban J connectivity index is 2.15. The molecule has 0 spiro atoms. The van der Waals surface area contributed by atoms with Crippen LogP contribution in [0, 0.1) is 0 Å². The minimum atomic E-state index is -3.60. The molecule has 0 aromatic heterocycles. The highest BCUT2D eigenvalue weighted by atomic mass is 32.2.